The predicted octanol–water partition coefficient (Wildman–Crippen LogP) is 4.62. The minimum Gasteiger partial charge on any atom is -0.412 e. The Kier molecular flexibility index (Phi) is 6.08. The second-order valence-corrected chi connectivity index (χ2v) is 10.2. The van der Waals surface area contributed by atoms with Gasteiger partial charge in [0.2, 0.25) is 5.95 Å². The molecule has 0 fully saturated rings. The van der Waals surface area contributed by atoms with Crippen LogP contribution in [-0.2, 0) is 29.0 Å². The van der Waals surface area contributed by atoms with Crippen molar-refractivity contribution in [3.63, 3.8) is 0 Å². The lowest BCUT2D eigenvalue weighted by molar-refractivity contribution is -0.156. The van der Waals surface area contributed by atoms with Crippen molar-refractivity contribution in [3.05, 3.63) is 71.7 Å². The number of nitrogens with one attached hydrogen (secondary N) is 2. The number of anilines is 3. The number of halogens is 3. The van der Waals surface area contributed by atoms with E-state index in [0.717, 1.165) is 5.56 Å². The second kappa shape index (κ2) is 9.22. The number of nitrogens with zero attached hydrogens (tertiary/aromatic N) is 4. The summed E-state index contributed by atoms with van der Waals surface area (Å²) in [6, 6.07) is 14.2. The number of aryl methyl sites for hydroxylation is 1. The Morgan fingerprint density at radius 3 is 2.61 bits per heavy atom. The van der Waals surface area contributed by atoms with Gasteiger partial charge in [-0.3, -0.25) is 0 Å². The van der Waals surface area contributed by atoms with E-state index in [9.17, 15) is 21.6 Å². The number of fused-ring (bicyclic) bond motifs is 1. The van der Waals surface area contributed by atoms with Gasteiger partial charge in [0.05, 0.1) is 16.2 Å². The Balaban J connectivity index is 1.46. The van der Waals surface area contributed by atoms with Gasteiger partial charge in [-0.1, -0.05) is 30.3 Å². The van der Waals surface area contributed by atoms with Gasteiger partial charge in [0.1, 0.15) is 5.82 Å². The maximum atomic E-state index is 13.0. The molecule has 0 aliphatic carbocycles. The van der Waals surface area contributed by atoms with E-state index in [1.165, 1.54) is 6.20 Å². The third kappa shape index (κ3) is 5.00. The minimum atomic E-state index is -4.79. The number of hydrogen-bond donors (Lipinski definition) is 2. The molecule has 9 nitrogen and oxygen atoms in total. The third-order valence-electron chi connectivity index (χ3n) is 5.50. The molecule has 5 rings (SSSR count). The van der Waals surface area contributed by atoms with Crippen LogP contribution in [-0.4, -0.2) is 34.3 Å². The topological polar surface area (TPSA) is 123 Å². The number of benzene rings is 2. The van der Waals surface area contributed by atoms with Gasteiger partial charge in [0.15, 0.2) is 9.84 Å². The highest BCUT2D eigenvalue weighted by Gasteiger charge is 2.38. The molecule has 0 saturated carbocycles. The normalized spacial score (nSPS) is 14.8. The van der Waals surface area contributed by atoms with Crippen molar-refractivity contribution in [1.29, 1.82) is 0 Å². The molecular weight excluding hydrogens is 497 g/mol. The summed E-state index contributed by atoms with van der Waals surface area (Å²) in [6.45, 7) is 0.321. The van der Waals surface area contributed by atoms with Crippen LogP contribution in [0.4, 0.5) is 30.6 Å². The van der Waals surface area contributed by atoms with Crippen LogP contribution < -0.4 is 10.6 Å². The molecule has 0 bridgehead atoms. The fourth-order valence-corrected chi connectivity index (χ4v) is 5.39. The van der Waals surface area contributed by atoms with E-state index in [0.29, 0.717) is 35.5 Å². The van der Waals surface area contributed by atoms with E-state index in [1.54, 1.807) is 18.2 Å². The van der Waals surface area contributed by atoms with Crippen molar-refractivity contribution in [2.45, 2.75) is 30.5 Å². The van der Waals surface area contributed by atoms with Gasteiger partial charge >= 0.3 is 12.1 Å². The van der Waals surface area contributed by atoms with Gasteiger partial charge in [-0.25, -0.2) is 13.4 Å². The fourth-order valence-electron chi connectivity index (χ4n) is 3.81. The van der Waals surface area contributed by atoms with Crippen LogP contribution in [0.15, 0.2) is 64.0 Å². The first-order valence-electron chi connectivity index (χ1n) is 10.9. The van der Waals surface area contributed by atoms with Gasteiger partial charge in [-0.2, -0.15) is 18.2 Å². The molecule has 2 aromatic carbocycles. The fraction of sp³-hybridized carbons (Fsp3) is 0.217. The molecule has 1 aliphatic rings. The molecule has 13 heteroatoms. The first-order valence-corrected chi connectivity index (χ1v) is 12.5. The van der Waals surface area contributed by atoms with Crippen LogP contribution in [0.1, 0.15) is 23.4 Å². The molecule has 1 aliphatic heterocycles. The molecule has 0 radical (unpaired) electrons. The number of rotatable bonds is 6. The molecule has 0 unspecified atom stereocenters. The summed E-state index contributed by atoms with van der Waals surface area (Å²) >= 11 is 0. The summed E-state index contributed by atoms with van der Waals surface area (Å²) in [7, 11) is -3.29. The van der Waals surface area contributed by atoms with Crippen LogP contribution in [0.3, 0.4) is 0 Å². The zero-order chi connectivity index (χ0) is 25.3. The van der Waals surface area contributed by atoms with Crippen LogP contribution in [0, 0.1) is 0 Å². The molecule has 186 valence electrons. The Labute approximate surface area is 203 Å². The van der Waals surface area contributed by atoms with E-state index in [4.69, 9.17) is 4.42 Å². The van der Waals surface area contributed by atoms with Gasteiger partial charge in [0.25, 0.3) is 5.89 Å². The van der Waals surface area contributed by atoms with Gasteiger partial charge in [0, 0.05) is 18.4 Å². The predicted molar refractivity (Wildman–Crippen MR) is 124 cm³/mol. The molecular formula is C23H19F3N6O3S. The number of sulfone groups is 1. The smallest absolute Gasteiger partial charge is 0.412 e. The van der Waals surface area contributed by atoms with Crippen molar-refractivity contribution in [1.82, 2.24) is 20.2 Å². The first kappa shape index (κ1) is 23.7. The summed E-state index contributed by atoms with van der Waals surface area (Å²) in [4.78, 5) is 8.92. The van der Waals surface area contributed by atoms with E-state index < -0.39 is 21.9 Å². The molecule has 0 amide bonds. The highest BCUT2D eigenvalue weighted by atomic mass is 32.2. The largest absolute Gasteiger partial charge is 0.470 e. The Morgan fingerprint density at radius 2 is 1.86 bits per heavy atom. The number of aromatic nitrogens is 4. The zero-order valence-electron chi connectivity index (χ0n) is 18.6. The Hall–Kier alpha value is -4.00. The average molecular weight is 517 g/mol. The molecule has 2 N–H and O–H groups in total. The van der Waals surface area contributed by atoms with Crippen LogP contribution >= 0.6 is 0 Å². The molecule has 0 atom stereocenters. The van der Waals surface area contributed by atoms with Crippen molar-refractivity contribution in [2.24, 2.45) is 0 Å². The summed E-state index contributed by atoms with van der Waals surface area (Å²) < 4.78 is 68.3. The molecule has 0 spiro atoms. The SMILES string of the molecule is O=S1(=O)CCCc2cc(Nc3ncc(-c4nnc(C(F)(F)F)o4)c(NCc4ccccc4)n3)ccc21. The highest BCUT2D eigenvalue weighted by Crippen LogP contribution is 2.33. The van der Waals surface area contributed by atoms with E-state index in [2.05, 4.69) is 30.8 Å². The lowest BCUT2D eigenvalue weighted by Crippen LogP contribution is -2.16. The molecule has 4 aromatic rings. The maximum Gasteiger partial charge on any atom is 0.470 e. The summed E-state index contributed by atoms with van der Waals surface area (Å²) in [6.07, 6.45) is -2.33. The van der Waals surface area contributed by atoms with Crippen LogP contribution in [0.25, 0.3) is 11.5 Å². The van der Waals surface area contributed by atoms with Crippen molar-refractivity contribution >= 4 is 27.3 Å². The van der Waals surface area contributed by atoms with Gasteiger partial charge in [-0.05, 0) is 42.2 Å². The molecule has 36 heavy (non-hydrogen) atoms. The maximum absolute atomic E-state index is 13.0. The standard InChI is InChI=1S/C23H19F3N6O3S/c24-23(25,26)21-32-31-20(35-21)17-13-28-22(30-19(17)27-12-14-5-2-1-3-6-14)29-16-8-9-18-15(11-16)7-4-10-36(18,33)34/h1-3,5-6,8-9,11,13H,4,7,10,12H2,(H2,27,28,29,30). The molecule has 2 aromatic heterocycles. The van der Waals surface area contributed by atoms with Gasteiger partial charge in [-0.15, -0.1) is 10.2 Å². The lowest BCUT2D eigenvalue weighted by Gasteiger charge is -2.17. The quantitative estimate of drug-likeness (QED) is 0.378. The van der Waals surface area contributed by atoms with E-state index in [-0.39, 0.29) is 29.0 Å². The van der Waals surface area contributed by atoms with Gasteiger partial charge < -0.3 is 15.1 Å². The number of alkyl halides is 3. The van der Waals surface area contributed by atoms with Crippen LogP contribution in [0.5, 0.6) is 0 Å². The Morgan fingerprint density at radius 1 is 1.06 bits per heavy atom. The Bertz CT molecular complexity index is 1510. The summed E-state index contributed by atoms with van der Waals surface area (Å²) in [5.74, 6) is -1.42. The molecule has 0 saturated heterocycles. The second-order valence-electron chi connectivity index (χ2n) is 8.08. The lowest BCUT2D eigenvalue weighted by atomic mass is 10.1. The number of hydrogen-bond acceptors (Lipinski definition) is 9. The average Bonchev–Trinajstić information content (AvgIpc) is 3.34. The molecule has 3 heterocycles. The van der Waals surface area contributed by atoms with Crippen molar-refractivity contribution in [3.8, 4) is 11.5 Å². The van der Waals surface area contributed by atoms with Crippen LogP contribution in [0.2, 0.25) is 0 Å². The summed E-state index contributed by atoms with van der Waals surface area (Å²) in [5, 5.41) is 12.7. The minimum absolute atomic E-state index is 0.0935. The zero-order valence-corrected chi connectivity index (χ0v) is 19.4. The van der Waals surface area contributed by atoms with E-state index in [1.807, 2.05) is 30.3 Å². The van der Waals surface area contributed by atoms with E-state index >= 15 is 0 Å². The third-order valence-corrected chi connectivity index (χ3v) is 7.39. The van der Waals surface area contributed by atoms with Crippen molar-refractivity contribution in [2.75, 3.05) is 16.4 Å². The first-order chi connectivity index (χ1) is 17.2. The monoisotopic (exact) mass is 516 g/mol. The highest BCUT2D eigenvalue weighted by molar-refractivity contribution is 7.91. The summed E-state index contributed by atoms with van der Waals surface area (Å²) in [5.41, 5.74) is 2.28. The van der Waals surface area contributed by atoms with Crippen molar-refractivity contribution < 1.29 is 26.0 Å².